The molecule has 0 heterocycles. The molecule has 3 heteroatoms. The smallest absolute Gasteiger partial charge is 0.307 e. The number of benzene rings is 1. The molecule has 0 radical (unpaired) electrons. The molecular formula is C16H25NO2. The van der Waals surface area contributed by atoms with Crippen molar-refractivity contribution in [3.8, 4) is 0 Å². The second-order valence-corrected chi connectivity index (χ2v) is 5.30. The molecule has 0 aliphatic carbocycles. The molecule has 1 aromatic carbocycles. The molecule has 1 atom stereocenters. The van der Waals surface area contributed by atoms with E-state index >= 15 is 0 Å². The summed E-state index contributed by atoms with van der Waals surface area (Å²) in [5.41, 5.74) is 4.97. The van der Waals surface area contributed by atoms with E-state index in [1.165, 1.54) is 22.3 Å². The van der Waals surface area contributed by atoms with Crippen molar-refractivity contribution in [3.63, 3.8) is 0 Å². The average Bonchev–Trinajstić information content (AvgIpc) is 2.26. The quantitative estimate of drug-likeness (QED) is 0.764. The van der Waals surface area contributed by atoms with Crippen molar-refractivity contribution in [2.75, 3.05) is 20.7 Å². The molecule has 0 aliphatic heterocycles. The van der Waals surface area contributed by atoms with Gasteiger partial charge in [0.25, 0.3) is 0 Å². The van der Waals surface area contributed by atoms with Gasteiger partial charge in [-0.3, -0.25) is 4.79 Å². The number of hydrogen-bond donors (Lipinski definition) is 0. The zero-order chi connectivity index (χ0) is 14.6. The Kier molecular flexibility index (Phi) is 5.55. The Balaban J connectivity index is 3.10. The monoisotopic (exact) mass is 263 g/mol. The van der Waals surface area contributed by atoms with Gasteiger partial charge < -0.3 is 9.64 Å². The first-order valence-electron chi connectivity index (χ1n) is 6.76. The van der Waals surface area contributed by atoms with Gasteiger partial charge in [-0.1, -0.05) is 17.7 Å². The molecule has 1 rings (SSSR count). The van der Waals surface area contributed by atoms with Gasteiger partial charge in [-0.2, -0.15) is 0 Å². The fourth-order valence-electron chi connectivity index (χ4n) is 2.64. The summed E-state index contributed by atoms with van der Waals surface area (Å²) in [4.78, 5) is 13.9. The van der Waals surface area contributed by atoms with Gasteiger partial charge in [0.1, 0.15) is 0 Å². The third-order valence-corrected chi connectivity index (χ3v) is 3.36. The predicted molar refractivity (Wildman–Crippen MR) is 78.3 cm³/mol. The lowest BCUT2D eigenvalue weighted by Crippen LogP contribution is -2.25. The summed E-state index contributed by atoms with van der Waals surface area (Å²) < 4.78 is 5.08. The van der Waals surface area contributed by atoms with Gasteiger partial charge in [-0.05, 0) is 58.5 Å². The molecule has 0 aliphatic rings. The summed E-state index contributed by atoms with van der Waals surface area (Å²) in [6.07, 6.45) is 0.394. The Hall–Kier alpha value is -1.35. The van der Waals surface area contributed by atoms with Gasteiger partial charge in [0.2, 0.25) is 0 Å². The van der Waals surface area contributed by atoms with Crippen LogP contribution in [-0.2, 0) is 9.53 Å². The first-order valence-corrected chi connectivity index (χ1v) is 6.76. The summed E-state index contributed by atoms with van der Waals surface area (Å²) in [6, 6.07) is 4.41. The van der Waals surface area contributed by atoms with Gasteiger partial charge >= 0.3 is 5.97 Å². The SMILES string of the molecule is CCOC(=O)CC(c1c(C)cc(C)cc1C)N(C)C. The largest absolute Gasteiger partial charge is 0.466 e. The molecule has 0 N–H and O–H groups in total. The van der Waals surface area contributed by atoms with Crippen LogP contribution in [0.1, 0.15) is 41.6 Å². The maximum atomic E-state index is 11.8. The van der Waals surface area contributed by atoms with Crippen molar-refractivity contribution in [2.24, 2.45) is 0 Å². The molecule has 19 heavy (non-hydrogen) atoms. The number of aryl methyl sites for hydroxylation is 3. The van der Waals surface area contributed by atoms with Crippen LogP contribution in [0.2, 0.25) is 0 Å². The molecule has 1 aromatic rings. The van der Waals surface area contributed by atoms with Gasteiger partial charge in [0, 0.05) is 6.04 Å². The molecule has 106 valence electrons. The average molecular weight is 263 g/mol. The van der Waals surface area contributed by atoms with Gasteiger partial charge in [-0.15, -0.1) is 0 Å². The molecule has 3 nitrogen and oxygen atoms in total. The number of esters is 1. The Morgan fingerprint density at radius 3 is 2.16 bits per heavy atom. The van der Waals surface area contributed by atoms with Crippen LogP contribution in [-0.4, -0.2) is 31.6 Å². The van der Waals surface area contributed by atoms with Gasteiger partial charge in [0.15, 0.2) is 0 Å². The fraction of sp³-hybridized carbons (Fsp3) is 0.562. The Labute approximate surface area is 116 Å². The van der Waals surface area contributed by atoms with Crippen molar-refractivity contribution < 1.29 is 9.53 Å². The summed E-state index contributed by atoms with van der Waals surface area (Å²) in [5, 5.41) is 0. The number of hydrogen-bond acceptors (Lipinski definition) is 3. The van der Waals surface area contributed by atoms with Crippen molar-refractivity contribution in [2.45, 2.75) is 40.2 Å². The fourth-order valence-corrected chi connectivity index (χ4v) is 2.64. The molecule has 1 unspecified atom stereocenters. The number of carbonyl (C=O) groups excluding carboxylic acids is 1. The summed E-state index contributed by atoms with van der Waals surface area (Å²) in [7, 11) is 4.01. The van der Waals surface area contributed by atoms with E-state index in [1.54, 1.807) is 0 Å². The van der Waals surface area contributed by atoms with Crippen LogP contribution < -0.4 is 0 Å². The van der Waals surface area contributed by atoms with E-state index in [9.17, 15) is 4.79 Å². The minimum Gasteiger partial charge on any atom is -0.466 e. The van der Waals surface area contributed by atoms with Gasteiger partial charge in [0.05, 0.1) is 13.0 Å². The Morgan fingerprint density at radius 2 is 1.74 bits per heavy atom. The van der Waals surface area contributed by atoms with Crippen LogP contribution in [0.4, 0.5) is 0 Å². The normalized spacial score (nSPS) is 12.6. The van der Waals surface area contributed by atoms with Crippen LogP contribution in [0.25, 0.3) is 0 Å². The van der Waals surface area contributed by atoms with Crippen LogP contribution in [0, 0.1) is 20.8 Å². The molecule has 0 fully saturated rings. The van der Waals surface area contributed by atoms with Crippen LogP contribution >= 0.6 is 0 Å². The van der Waals surface area contributed by atoms with Crippen LogP contribution in [0.5, 0.6) is 0 Å². The van der Waals surface area contributed by atoms with Crippen molar-refractivity contribution in [3.05, 3.63) is 34.4 Å². The molecule has 0 saturated heterocycles. The molecule has 0 spiro atoms. The van der Waals surface area contributed by atoms with Crippen molar-refractivity contribution in [1.82, 2.24) is 4.90 Å². The van der Waals surface area contributed by atoms with E-state index in [1.807, 2.05) is 21.0 Å². The van der Waals surface area contributed by atoms with E-state index in [0.29, 0.717) is 13.0 Å². The topological polar surface area (TPSA) is 29.5 Å². The highest BCUT2D eigenvalue weighted by Gasteiger charge is 2.22. The summed E-state index contributed by atoms with van der Waals surface area (Å²) in [6.45, 7) is 8.59. The zero-order valence-corrected chi connectivity index (χ0v) is 12.9. The van der Waals surface area contributed by atoms with E-state index < -0.39 is 0 Å². The van der Waals surface area contributed by atoms with Gasteiger partial charge in [-0.25, -0.2) is 0 Å². The maximum absolute atomic E-state index is 11.8. The molecule has 0 bridgehead atoms. The number of ether oxygens (including phenoxy) is 1. The Bertz CT molecular complexity index is 429. The van der Waals surface area contributed by atoms with Crippen molar-refractivity contribution in [1.29, 1.82) is 0 Å². The lowest BCUT2D eigenvalue weighted by molar-refractivity contribution is -0.144. The molecule has 0 amide bonds. The molecular weight excluding hydrogens is 238 g/mol. The third-order valence-electron chi connectivity index (χ3n) is 3.36. The Morgan fingerprint density at radius 1 is 1.21 bits per heavy atom. The zero-order valence-electron chi connectivity index (χ0n) is 12.9. The van der Waals surface area contributed by atoms with E-state index in [0.717, 1.165) is 0 Å². The van der Waals surface area contributed by atoms with E-state index in [-0.39, 0.29) is 12.0 Å². The minimum absolute atomic E-state index is 0.0691. The molecule has 0 aromatic heterocycles. The number of rotatable bonds is 5. The van der Waals surface area contributed by atoms with E-state index in [2.05, 4.69) is 37.8 Å². The van der Waals surface area contributed by atoms with Crippen LogP contribution in [0.15, 0.2) is 12.1 Å². The first-order chi connectivity index (χ1) is 8.86. The highest BCUT2D eigenvalue weighted by atomic mass is 16.5. The minimum atomic E-state index is -0.138. The maximum Gasteiger partial charge on any atom is 0.307 e. The lowest BCUT2D eigenvalue weighted by atomic mass is 9.92. The van der Waals surface area contributed by atoms with Crippen LogP contribution in [0.3, 0.4) is 0 Å². The highest BCUT2D eigenvalue weighted by molar-refractivity contribution is 5.70. The molecule has 0 saturated carbocycles. The highest BCUT2D eigenvalue weighted by Crippen LogP contribution is 2.29. The number of nitrogens with zero attached hydrogens (tertiary/aromatic N) is 1. The van der Waals surface area contributed by atoms with Crippen molar-refractivity contribution >= 4 is 5.97 Å². The second kappa shape index (κ2) is 6.71. The summed E-state index contributed by atoms with van der Waals surface area (Å²) in [5.74, 6) is -0.138. The second-order valence-electron chi connectivity index (χ2n) is 5.30. The third kappa shape index (κ3) is 4.06. The van der Waals surface area contributed by atoms with E-state index in [4.69, 9.17) is 4.74 Å². The predicted octanol–water partition coefficient (Wildman–Crippen LogP) is 3.17. The summed E-state index contributed by atoms with van der Waals surface area (Å²) >= 11 is 0. The number of carbonyl (C=O) groups is 1. The standard InChI is InChI=1S/C16H25NO2/c1-7-19-15(18)10-14(17(5)6)16-12(3)8-11(2)9-13(16)4/h8-9,14H,7,10H2,1-6H3. The first kappa shape index (κ1) is 15.7. The lowest BCUT2D eigenvalue weighted by Gasteiger charge is -2.27.